The van der Waals surface area contributed by atoms with Crippen molar-refractivity contribution >= 4 is 29.1 Å². The van der Waals surface area contributed by atoms with Crippen molar-refractivity contribution in [1.82, 2.24) is 0 Å². The van der Waals surface area contributed by atoms with E-state index in [1.165, 1.54) is 35.3 Å². The molecule has 0 unspecified atom stereocenters. The summed E-state index contributed by atoms with van der Waals surface area (Å²) < 4.78 is 0. The van der Waals surface area contributed by atoms with Gasteiger partial charge in [0.05, 0.1) is 17.5 Å². The van der Waals surface area contributed by atoms with Crippen molar-refractivity contribution in [3.8, 4) is 0 Å². The molecule has 0 N–H and O–H groups in total. The molecule has 3 fully saturated rings. The number of benzene rings is 1. The highest BCUT2D eigenvalue weighted by molar-refractivity contribution is 6.32. The van der Waals surface area contributed by atoms with Gasteiger partial charge in [-0.15, -0.1) is 0 Å². The highest BCUT2D eigenvalue weighted by Gasteiger charge is 2.62. The molecular weight excluding hydrogens is 346 g/mol. The fourth-order valence-electron chi connectivity index (χ4n) is 5.58. The predicted molar refractivity (Wildman–Crippen MR) is 102 cm³/mol. The molecule has 4 heteroatoms. The summed E-state index contributed by atoms with van der Waals surface area (Å²) in [6.45, 7) is 1.87. The molecule has 2 saturated carbocycles. The van der Waals surface area contributed by atoms with Crippen molar-refractivity contribution in [3.05, 3.63) is 52.1 Å². The summed E-state index contributed by atoms with van der Waals surface area (Å²) in [5.74, 6) is -0.286. The van der Waals surface area contributed by atoms with Crippen LogP contribution in [0.3, 0.4) is 0 Å². The SMILES string of the molecule is Cc1c(Cl)cccc1N1C(=O)[C@@H]2[C@H](C1=O)[C@H]1C=C[C@H]2C1=C1CCCCC1. The van der Waals surface area contributed by atoms with Crippen LogP contribution >= 0.6 is 11.6 Å². The Morgan fingerprint density at radius 3 is 2.19 bits per heavy atom. The lowest BCUT2D eigenvalue weighted by Gasteiger charge is -2.23. The van der Waals surface area contributed by atoms with Crippen LogP contribution in [-0.2, 0) is 9.59 Å². The Bertz CT molecular complexity index is 842. The van der Waals surface area contributed by atoms with E-state index in [2.05, 4.69) is 12.2 Å². The van der Waals surface area contributed by atoms with Gasteiger partial charge >= 0.3 is 0 Å². The number of hydrogen-bond acceptors (Lipinski definition) is 2. The van der Waals surface area contributed by atoms with E-state index in [1.807, 2.05) is 19.1 Å². The van der Waals surface area contributed by atoms with Crippen molar-refractivity contribution < 1.29 is 9.59 Å². The molecule has 3 nitrogen and oxygen atoms in total. The summed E-state index contributed by atoms with van der Waals surface area (Å²) in [6, 6.07) is 5.43. The van der Waals surface area contributed by atoms with Crippen LogP contribution in [0.4, 0.5) is 5.69 Å². The number of carbonyl (C=O) groups is 2. The molecule has 1 heterocycles. The van der Waals surface area contributed by atoms with Crippen molar-refractivity contribution in [1.29, 1.82) is 0 Å². The molecule has 1 aromatic carbocycles. The molecule has 3 aliphatic carbocycles. The number of allylic oxidation sites excluding steroid dienone is 4. The summed E-state index contributed by atoms with van der Waals surface area (Å²) >= 11 is 6.23. The molecular formula is C22H22ClNO2. The van der Waals surface area contributed by atoms with E-state index in [0.717, 1.165) is 18.4 Å². The molecule has 2 bridgehead atoms. The largest absolute Gasteiger partial charge is 0.274 e. The van der Waals surface area contributed by atoms with Crippen LogP contribution in [0, 0.1) is 30.6 Å². The maximum Gasteiger partial charge on any atom is 0.238 e. The van der Waals surface area contributed by atoms with E-state index in [1.54, 1.807) is 6.07 Å². The summed E-state index contributed by atoms with van der Waals surface area (Å²) in [6.07, 6.45) is 10.4. The van der Waals surface area contributed by atoms with Crippen LogP contribution in [0.2, 0.25) is 5.02 Å². The molecule has 26 heavy (non-hydrogen) atoms. The molecule has 0 spiro atoms. The first kappa shape index (κ1) is 16.3. The van der Waals surface area contributed by atoms with E-state index in [-0.39, 0.29) is 35.5 Å². The van der Waals surface area contributed by atoms with Gasteiger partial charge in [-0.2, -0.15) is 0 Å². The lowest BCUT2D eigenvalue weighted by molar-refractivity contribution is -0.122. The van der Waals surface area contributed by atoms with Crippen molar-refractivity contribution in [2.24, 2.45) is 23.7 Å². The van der Waals surface area contributed by atoms with E-state index in [4.69, 9.17) is 11.6 Å². The summed E-state index contributed by atoms with van der Waals surface area (Å²) in [5, 5.41) is 0.589. The number of halogens is 1. The molecule has 4 aliphatic rings. The van der Waals surface area contributed by atoms with Crippen LogP contribution in [-0.4, -0.2) is 11.8 Å². The molecule has 4 atom stereocenters. The third-order valence-corrected chi connectivity index (χ3v) is 7.17. The first-order chi connectivity index (χ1) is 12.6. The number of imide groups is 1. The Morgan fingerprint density at radius 2 is 1.58 bits per heavy atom. The molecule has 1 aromatic rings. The minimum absolute atomic E-state index is 0.0453. The van der Waals surface area contributed by atoms with Crippen LogP contribution in [0.15, 0.2) is 41.5 Å². The van der Waals surface area contributed by atoms with E-state index >= 15 is 0 Å². The van der Waals surface area contributed by atoms with Crippen LogP contribution in [0.1, 0.15) is 37.7 Å². The van der Waals surface area contributed by atoms with Gasteiger partial charge in [0.2, 0.25) is 11.8 Å². The molecule has 1 aliphatic heterocycles. The zero-order valence-electron chi connectivity index (χ0n) is 14.9. The van der Waals surface area contributed by atoms with Gasteiger partial charge in [-0.05, 0) is 50.3 Å². The fraction of sp³-hybridized carbons (Fsp3) is 0.455. The third-order valence-electron chi connectivity index (χ3n) is 6.76. The second-order valence-corrected chi connectivity index (χ2v) is 8.41. The quantitative estimate of drug-likeness (QED) is 0.526. The normalized spacial score (nSPS) is 32.8. The topological polar surface area (TPSA) is 37.4 Å². The Labute approximate surface area is 158 Å². The lowest BCUT2D eigenvalue weighted by atomic mass is 9.85. The van der Waals surface area contributed by atoms with Crippen molar-refractivity contribution in [2.45, 2.75) is 39.0 Å². The Kier molecular flexibility index (Phi) is 3.65. The van der Waals surface area contributed by atoms with Gasteiger partial charge in [0.1, 0.15) is 0 Å². The first-order valence-electron chi connectivity index (χ1n) is 9.62. The minimum atomic E-state index is -0.222. The zero-order valence-corrected chi connectivity index (χ0v) is 15.6. The maximum atomic E-state index is 13.3. The van der Waals surface area contributed by atoms with E-state index in [9.17, 15) is 9.59 Å². The smallest absolute Gasteiger partial charge is 0.238 e. The monoisotopic (exact) mass is 367 g/mol. The van der Waals surface area contributed by atoms with Gasteiger partial charge in [-0.3, -0.25) is 9.59 Å². The Balaban J connectivity index is 1.55. The van der Waals surface area contributed by atoms with Crippen LogP contribution in [0.25, 0.3) is 0 Å². The molecule has 2 amide bonds. The van der Waals surface area contributed by atoms with Gasteiger partial charge in [0.25, 0.3) is 0 Å². The highest BCUT2D eigenvalue weighted by atomic mass is 35.5. The minimum Gasteiger partial charge on any atom is -0.274 e. The van der Waals surface area contributed by atoms with Gasteiger partial charge in [-0.25, -0.2) is 4.90 Å². The van der Waals surface area contributed by atoms with E-state index in [0.29, 0.717) is 10.7 Å². The molecule has 134 valence electrons. The average Bonchev–Trinajstić information content (AvgIpc) is 3.29. The molecule has 1 saturated heterocycles. The van der Waals surface area contributed by atoms with Gasteiger partial charge in [-0.1, -0.05) is 47.4 Å². The number of fused-ring (bicyclic) bond motifs is 5. The number of anilines is 1. The average molecular weight is 368 g/mol. The lowest BCUT2D eigenvalue weighted by Crippen LogP contribution is -2.34. The fourth-order valence-corrected chi connectivity index (χ4v) is 5.75. The number of amides is 2. The standard InChI is InChI=1S/C22H22ClNO2/c1-12-16(23)8-5-9-17(12)24-21(25)19-14-10-11-15(20(19)22(24)26)18(14)13-6-3-2-4-7-13/h5,8-11,14-15,19-20H,2-4,6-7H2,1H3/t14-,15-,19-,20+/m0/s1. The van der Waals surface area contributed by atoms with Gasteiger partial charge < -0.3 is 0 Å². The van der Waals surface area contributed by atoms with Crippen molar-refractivity contribution in [3.63, 3.8) is 0 Å². The summed E-state index contributed by atoms with van der Waals surface area (Å²) in [4.78, 5) is 28.0. The second-order valence-electron chi connectivity index (χ2n) is 8.00. The van der Waals surface area contributed by atoms with Crippen LogP contribution in [0.5, 0.6) is 0 Å². The third kappa shape index (κ3) is 2.07. The number of nitrogens with zero attached hydrogens (tertiary/aromatic N) is 1. The molecule has 0 aromatic heterocycles. The zero-order chi connectivity index (χ0) is 18.0. The first-order valence-corrected chi connectivity index (χ1v) is 10.0. The van der Waals surface area contributed by atoms with Crippen LogP contribution < -0.4 is 4.90 Å². The summed E-state index contributed by atoms with van der Waals surface area (Å²) in [5.41, 5.74) is 4.37. The molecule has 0 radical (unpaired) electrons. The Hall–Kier alpha value is -1.87. The number of hydrogen-bond donors (Lipinski definition) is 0. The van der Waals surface area contributed by atoms with Crippen molar-refractivity contribution in [2.75, 3.05) is 4.90 Å². The number of carbonyl (C=O) groups excluding carboxylic acids is 2. The predicted octanol–water partition coefficient (Wildman–Crippen LogP) is 4.83. The highest BCUT2D eigenvalue weighted by Crippen LogP contribution is 2.58. The maximum absolute atomic E-state index is 13.3. The molecule has 5 rings (SSSR count). The van der Waals surface area contributed by atoms with Gasteiger partial charge in [0, 0.05) is 16.9 Å². The van der Waals surface area contributed by atoms with Gasteiger partial charge in [0.15, 0.2) is 0 Å². The van der Waals surface area contributed by atoms with E-state index < -0.39 is 0 Å². The summed E-state index contributed by atoms with van der Waals surface area (Å²) in [7, 11) is 0. The second kappa shape index (κ2) is 5.82. The number of rotatable bonds is 1. The Morgan fingerprint density at radius 1 is 0.962 bits per heavy atom.